The van der Waals surface area contributed by atoms with Gasteiger partial charge < -0.3 is 0 Å². The van der Waals surface area contributed by atoms with Crippen LogP contribution in [0.4, 0.5) is 0 Å². The average Bonchev–Trinajstić information content (AvgIpc) is 2.23. The van der Waals surface area contributed by atoms with E-state index in [4.69, 9.17) is 36.7 Å². The van der Waals surface area contributed by atoms with Gasteiger partial charge in [-0.15, -0.1) is 0 Å². The molecule has 0 saturated heterocycles. The molecule has 3 nitrogen and oxygen atoms in total. The molecule has 0 radical (unpaired) electrons. The maximum absolute atomic E-state index is 5.42. The summed E-state index contributed by atoms with van der Waals surface area (Å²) in [6, 6.07) is 0. The van der Waals surface area contributed by atoms with Crippen LogP contribution in [0.1, 0.15) is 27.2 Å². The zero-order chi connectivity index (χ0) is 12.7. The number of hydrogen-bond donors (Lipinski definition) is 0. The second-order valence-electron chi connectivity index (χ2n) is 4.47. The van der Waals surface area contributed by atoms with Gasteiger partial charge in [0.1, 0.15) is 0 Å². The van der Waals surface area contributed by atoms with E-state index in [0.29, 0.717) is 14.3 Å². The first kappa shape index (κ1) is 13.7. The van der Waals surface area contributed by atoms with Gasteiger partial charge in [0.05, 0.1) is 0 Å². The van der Waals surface area contributed by atoms with Crippen LogP contribution in [-0.4, -0.2) is 13.7 Å². The van der Waals surface area contributed by atoms with Gasteiger partial charge in [0.15, 0.2) is 14.3 Å². The van der Waals surface area contributed by atoms with E-state index in [9.17, 15) is 0 Å². The predicted molar refractivity (Wildman–Crippen MR) is 74.5 cm³/mol. The van der Waals surface area contributed by atoms with E-state index in [1.807, 2.05) is 27.8 Å². The second-order valence-corrected chi connectivity index (χ2v) is 5.56. The lowest BCUT2D eigenvalue weighted by Gasteiger charge is -2.28. The lowest BCUT2D eigenvalue weighted by molar-refractivity contribution is 0.309. The van der Waals surface area contributed by atoms with Gasteiger partial charge in [-0.3, -0.25) is 13.7 Å². The molecule has 1 rings (SSSR count). The molecular weight excluding hydrogens is 258 g/mol. The van der Waals surface area contributed by atoms with E-state index >= 15 is 0 Å². The highest BCUT2D eigenvalue weighted by atomic mass is 32.1. The molecule has 0 aliphatic heterocycles. The fourth-order valence-corrected chi connectivity index (χ4v) is 2.63. The Morgan fingerprint density at radius 1 is 0.938 bits per heavy atom. The first-order valence-corrected chi connectivity index (χ1v) is 6.36. The van der Waals surface area contributed by atoms with Crippen LogP contribution in [0.3, 0.4) is 0 Å². The highest BCUT2D eigenvalue weighted by Gasteiger charge is 2.20. The maximum atomic E-state index is 5.42. The van der Waals surface area contributed by atoms with E-state index in [-0.39, 0.29) is 5.54 Å². The summed E-state index contributed by atoms with van der Waals surface area (Å²) in [6.07, 6.45) is 0.960. The Labute approximate surface area is 111 Å². The van der Waals surface area contributed by atoms with E-state index in [1.54, 1.807) is 0 Å². The Morgan fingerprint density at radius 3 is 1.62 bits per heavy atom. The van der Waals surface area contributed by atoms with Crippen LogP contribution >= 0.6 is 36.7 Å². The van der Waals surface area contributed by atoms with Gasteiger partial charge >= 0.3 is 0 Å². The molecule has 0 bridgehead atoms. The van der Waals surface area contributed by atoms with Gasteiger partial charge in [-0.1, -0.05) is 6.92 Å². The summed E-state index contributed by atoms with van der Waals surface area (Å²) >= 11 is 16.1. The molecular formula is C10H17N3S3. The normalized spacial score (nSPS) is 11.8. The van der Waals surface area contributed by atoms with Crippen LogP contribution in [0.2, 0.25) is 0 Å². The Morgan fingerprint density at radius 2 is 1.31 bits per heavy atom. The third-order valence-corrected chi connectivity index (χ3v) is 4.46. The molecule has 0 N–H and O–H groups in total. The van der Waals surface area contributed by atoms with E-state index in [1.165, 1.54) is 0 Å². The summed E-state index contributed by atoms with van der Waals surface area (Å²) in [5, 5.41) is 0. The van der Waals surface area contributed by atoms with Gasteiger partial charge in [-0.05, 0) is 56.9 Å². The largest absolute Gasteiger partial charge is 0.298 e. The van der Waals surface area contributed by atoms with Crippen molar-refractivity contribution in [2.24, 2.45) is 14.1 Å². The first-order chi connectivity index (χ1) is 7.24. The van der Waals surface area contributed by atoms with Gasteiger partial charge in [0.2, 0.25) is 0 Å². The van der Waals surface area contributed by atoms with E-state index in [2.05, 4.69) is 20.8 Å². The molecule has 1 aromatic heterocycles. The first-order valence-electron chi connectivity index (χ1n) is 5.13. The van der Waals surface area contributed by atoms with Crippen molar-refractivity contribution in [3.8, 4) is 0 Å². The van der Waals surface area contributed by atoms with Crippen LogP contribution in [0.25, 0.3) is 0 Å². The molecule has 0 atom stereocenters. The second kappa shape index (κ2) is 4.50. The number of hydrogen-bond acceptors (Lipinski definition) is 3. The lowest BCUT2D eigenvalue weighted by atomic mass is 10.0. The topological polar surface area (TPSA) is 14.8 Å². The molecule has 0 saturated carbocycles. The quantitative estimate of drug-likeness (QED) is 0.768. The van der Waals surface area contributed by atoms with Crippen LogP contribution in [-0.2, 0) is 19.6 Å². The van der Waals surface area contributed by atoms with Gasteiger partial charge in [-0.2, -0.15) is 0 Å². The van der Waals surface area contributed by atoms with Crippen molar-refractivity contribution in [1.29, 1.82) is 0 Å². The average molecular weight is 275 g/mol. The Balaban J connectivity index is 3.87. The van der Waals surface area contributed by atoms with Crippen molar-refractivity contribution in [2.45, 2.75) is 32.7 Å². The van der Waals surface area contributed by atoms with Crippen LogP contribution in [0.15, 0.2) is 0 Å². The summed E-state index contributed by atoms with van der Waals surface area (Å²) in [4.78, 5) is 0. The predicted octanol–water partition coefficient (Wildman–Crippen LogP) is 3.50. The minimum absolute atomic E-state index is 0.0906. The molecule has 0 amide bonds. The van der Waals surface area contributed by atoms with Crippen LogP contribution in [0.5, 0.6) is 0 Å². The maximum Gasteiger partial charge on any atom is 0.184 e. The van der Waals surface area contributed by atoms with Crippen molar-refractivity contribution in [2.75, 3.05) is 0 Å². The highest BCUT2D eigenvalue weighted by Crippen LogP contribution is 2.20. The smallest absolute Gasteiger partial charge is 0.184 e. The highest BCUT2D eigenvalue weighted by molar-refractivity contribution is 7.72. The zero-order valence-corrected chi connectivity index (χ0v) is 12.7. The fourth-order valence-electron chi connectivity index (χ4n) is 1.45. The molecule has 0 spiro atoms. The molecule has 0 aliphatic rings. The Hall–Kier alpha value is -0.330. The molecule has 0 unspecified atom stereocenters. The van der Waals surface area contributed by atoms with Crippen molar-refractivity contribution in [1.82, 2.24) is 13.7 Å². The van der Waals surface area contributed by atoms with Crippen LogP contribution < -0.4 is 0 Å². The van der Waals surface area contributed by atoms with Gasteiger partial charge in [0, 0.05) is 19.6 Å². The minimum Gasteiger partial charge on any atom is -0.298 e. The Kier molecular flexibility index (Phi) is 3.87. The lowest BCUT2D eigenvalue weighted by Crippen LogP contribution is -2.31. The van der Waals surface area contributed by atoms with Gasteiger partial charge in [0.25, 0.3) is 0 Å². The van der Waals surface area contributed by atoms with Crippen LogP contribution in [0, 0.1) is 14.3 Å². The molecule has 0 aromatic carbocycles. The molecule has 0 fully saturated rings. The zero-order valence-electron chi connectivity index (χ0n) is 10.3. The summed E-state index contributed by atoms with van der Waals surface area (Å²) < 4.78 is 7.64. The molecule has 1 aromatic rings. The third kappa shape index (κ3) is 2.06. The monoisotopic (exact) mass is 275 g/mol. The van der Waals surface area contributed by atoms with Crippen molar-refractivity contribution < 1.29 is 0 Å². The van der Waals surface area contributed by atoms with Crippen molar-refractivity contribution in [3.05, 3.63) is 14.3 Å². The standard InChI is InChI=1S/C10H17N3S3/c1-6-10(2,3)13-8(15)11(4)7(14)12(5)9(13)16/h6H2,1-5H3. The van der Waals surface area contributed by atoms with Crippen molar-refractivity contribution >= 4 is 36.7 Å². The summed E-state index contributed by atoms with van der Waals surface area (Å²) in [5.74, 6) is 0. The molecule has 6 heteroatoms. The minimum atomic E-state index is -0.0906. The molecule has 1 heterocycles. The van der Waals surface area contributed by atoms with E-state index < -0.39 is 0 Å². The van der Waals surface area contributed by atoms with Gasteiger partial charge in [-0.25, -0.2) is 0 Å². The fraction of sp³-hybridized carbons (Fsp3) is 0.700. The van der Waals surface area contributed by atoms with Crippen molar-refractivity contribution in [3.63, 3.8) is 0 Å². The molecule has 90 valence electrons. The number of aromatic nitrogens is 3. The summed E-state index contributed by atoms with van der Waals surface area (Å²) in [5.41, 5.74) is -0.0906. The Bertz CT molecular complexity index is 534. The molecule has 16 heavy (non-hydrogen) atoms. The summed E-state index contributed by atoms with van der Waals surface area (Å²) in [6.45, 7) is 6.38. The SMILES string of the molecule is CCC(C)(C)n1c(=S)n(C)c(=S)n(C)c1=S. The number of rotatable bonds is 2. The molecule has 0 aliphatic carbocycles. The third-order valence-electron chi connectivity index (χ3n) is 3.00. The summed E-state index contributed by atoms with van der Waals surface area (Å²) in [7, 11) is 3.75. The number of nitrogens with zero attached hydrogens (tertiary/aromatic N) is 3. The van der Waals surface area contributed by atoms with E-state index in [0.717, 1.165) is 6.42 Å².